The summed E-state index contributed by atoms with van der Waals surface area (Å²) in [6.07, 6.45) is 6.73. The molecule has 0 aliphatic heterocycles. The Bertz CT molecular complexity index is 98.5. The zero-order chi connectivity index (χ0) is 10.6. The zero-order valence-electron chi connectivity index (χ0n) is 10.1. The van der Waals surface area contributed by atoms with Gasteiger partial charge >= 0.3 is 0 Å². The van der Waals surface area contributed by atoms with Crippen LogP contribution >= 0.6 is 11.8 Å². The lowest BCUT2D eigenvalue weighted by molar-refractivity contribution is 0.493. The van der Waals surface area contributed by atoms with Crippen molar-refractivity contribution in [3.8, 4) is 0 Å². The van der Waals surface area contributed by atoms with Crippen LogP contribution in [0.3, 0.4) is 0 Å². The molecule has 1 atom stereocenters. The van der Waals surface area contributed by atoms with Crippen molar-refractivity contribution in [1.29, 1.82) is 0 Å². The minimum absolute atomic E-state index is 0.756. The molecule has 0 heterocycles. The van der Waals surface area contributed by atoms with Gasteiger partial charge in [0.25, 0.3) is 0 Å². The molecule has 0 aliphatic rings. The lowest BCUT2D eigenvalue weighted by atomic mass is 10.1. The maximum atomic E-state index is 3.64. The zero-order valence-corrected chi connectivity index (χ0v) is 11.0. The molecule has 1 N–H and O–H groups in total. The minimum atomic E-state index is 0.756. The molecule has 0 aromatic rings. The number of unbranched alkanes of at least 4 members (excludes halogenated alkanes) is 2. The summed E-state index contributed by atoms with van der Waals surface area (Å²) in [6.45, 7) is 7.94. The van der Waals surface area contributed by atoms with Gasteiger partial charge in [0.1, 0.15) is 0 Å². The summed E-state index contributed by atoms with van der Waals surface area (Å²) >= 11 is 2.06. The van der Waals surface area contributed by atoms with E-state index >= 15 is 0 Å². The average molecular weight is 217 g/mol. The van der Waals surface area contributed by atoms with Gasteiger partial charge in [0.05, 0.1) is 0 Å². The first-order valence-corrected chi connectivity index (χ1v) is 7.31. The highest BCUT2D eigenvalue weighted by atomic mass is 32.2. The van der Waals surface area contributed by atoms with Crippen LogP contribution in [0, 0.1) is 0 Å². The first-order valence-electron chi connectivity index (χ1n) is 6.16. The molecule has 0 saturated carbocycles. The first-order chi connectivity index (χ1) is 6.85. The monoisotopic (exact) mass is 217 g/mol. The van der Waals surface area contributed by atoms with E-state index < -0.39 is 0 Å². The average Bonchev–Trinajstić information content (AvgIpc) is 2.21. The molecule has 1 nitrogen and oxygen atoms in total. The van der Waals surface area contributed by atoms with Gasteiger partial charge < -0.3 is 5.32 Å². The standard InChI is InChI=1S/C12H27NS/c1-4-7-8-9-12(11-14-6-3)13-10-5-2/h12-13H,4-11H2,1-3H3. The molecular formula is C12H27NS. The highest BCUT2D eigenvalue weighted by Crippen LogP contribution is 2.09. The van der Waals surface area contributed by atoms with Crippen molar-refractivity contribution < 1.29 is 0 Å². The number of nitrogens with one attached hydrogen (secondary N) is 1. The van der Waals surface area contributed by atoms with Crippen molar-refractivity contribution in [2.75, 3.05) is 18.1 Å². The maximum Gasteiger partial charge on any atom is 0.0158 e. The molecule has 0 amide bonds. The van der Waals surface area contributed by atoms with Crippen LogP contribution in [0.2, 0.25) is 0 Å². The van der Waals surface area contributed by atoms with Gasteiger partial charge in [0.2, 0.25) is 0 Å². The third kappa shape index (κ3) is 8.89. The van der Waals surface area contributed by atoms with E-state index in [-0.39, 0.29) is 0 Å². The summed E-state index contributed by atoms with van der Waals surface area (Å²) < 4.78 is 0. The number of hydrogen-bond donors (Lipinski definition) is 1. The summed E-state index contributed by atoms with van der Waals surface area (Å²) in [5, 5.41) is 3.64. The van der Waals surface area contributed by atoms with E-state index in [4.69, 9.17) is 0 Å². The largest absolute Gasteiger partial charge is 0.313 e. The Balaban J connectivity index is 3.49. The molecule has 2 heteroatoms. The number of thioether (sulfide) groups is 1. The highest BCUT2D eigenvalue weighted by Gasteiger charge is 2.06. The van der Waals surface area contributed by atoms with Gasteiger partial charge in [0.15, 0.2) is 0 Å². The van der Waals surface area contributed by atoms with Crippen molar-refractivity contribution in [2.45, 2.75) is 58.9 Å². The van der Waals surface area contributed by atoms with Gasteiger partial charge in [-0.1, -0.05) is 40.0 Å². The lowest BCUT2D eigenvalue weighted by Gasteiger charge is -2.17. The van der Waals surface area contributed by atoms with E-state index in [1.165, 1.54) is 50.2 Å². The Labute approximate surface area is 94.4 Å². The van der Waals surface area contributed by atoms with Crippen LogP contribution in [-0.2, 0) is 0 Å². The fourth-order valence-electron chi connectivity index (χ4n) is 1.49. The van der Waals surface area contributed by atoms with E-state index in [9.17, 15) is 0 Å². The molecule has 0 radical (unpaired) electrons. The SMILES string of the molecule is CCCCCC(CSCC)NCCC. The van der Waals surface area contributed by atoms with Gasteiger partial charge in [-0.25, -0.2) is 0 Å². The van der Waals surface area contributed by atoms with E-state index in [1.807, 2.05) is 0 Å². The van der Waals surface area contributed by atoms with Crippen molar-refractivity contribution in [3.63, 3.8) is 0 Å². The van der Waals surface area contributed by atoms with Crippen LogP contribution in [0.25, 0.3) is 0 Å². The van der Waals surface area contributed by atoms with Crippen LogP contribution in [0.4, 0.5) is 0 Å². The fraction of sp³-hybridized carbons (Fsp3) is 1.00. The lowest BCUT2D eigenvalue weighted by Crippen LogP contribution is -2.32. The predicted molar refractivity (Wildman–Crippen MR) is 69.2 cm³/mol. The highest BCUT2D eigenvalue weighted by molar-refractivity contribution is 7.99. The summed E-state index contributed by atoms with van der Waals surface area (Å²) in [5.74, 6) is 2.54. The third-order valence-electron chi connectivity index (χ3n) is 2.36. The smallest absolute Gasteiger partial charge is 0.0158 e. The molecule has 1 unspecified atom stereocenters. The number of rotatable bonds is 10. The quantitative estimate of drug-likeness (QED) is 0.560. The molecule has 0 fully saturated rings. The summed E-state index contributed by atoms with van der Waals surface area (Å²) in [7, 11) is 0. The van der Waals surface area contributed by atoms with Crippen molar-refractivity contribution >= 4 is 11.8 Å². The Hall–Kier alpha value is 0.310. The molecule has 0 aromatic heterocycles. The van der Waals surface area contributed by atoms with E-state index in [2.05, 4.69) is 37.8 Å². The Morgan fingerprint density at radius 1 is 1.07 bits per heavy atom. The third-order valence-corrected chi connectivity index (χ3v) is 3.41. The Morgan fingerprint density at radius 3 is 2.43 bits per heavy atom. The molecule has 0 bridgehead atoms. The molecular weight excluding hydrogens is 190 g/mol. The van der Waals surface area contributed by atoms with Crippen LogP contribution in [0.5, 0.6) is 0 Å². The molecule has 0 rings (SSSR count). The van der Waals surface area contributed by atoms with Gasteiger partial charge in [0, 0.05) is 11.8 Å². The predicted octanol–water partition coefficient (Wildman–Crippen LogP) is 3.69. The Kier molecular flexibility index (Phi) is 11.6. The summed E-state index contributed by atoms with van der Waals surface area (Å²) in [4.78, 5) is 0. The van der Waals surface area contributed by atoms with E-state index in [1.54, 1.807) is 0 Å². The second-order valence-electron chi connectivity index (χ2n) is 3.81. The molecule has 14 heavy (non-hydrogen) atoms. The van der Waals surface area contributed by atoms with E-state index in [0.717, 1.165) is 6.04 Å². The Morgan fingerprint density at radius 2 is 1.86 bits per heavy atom. The van der Waals surface area contributed by atoms with Crippen LogP contribution in [0.15, 0.2) is 0 Å². The molecule has 0 aromatic carbocycles. The molecule has 86 valence electrons. The molecule has 0 spiro atoms. The van der Waals surface area contributed by atoms with Crippen molar-refractivity contribution in [3.05, 3.63) is 0 Å². The second-order valence-corrected chi connectivity index (χ2v) is 5.13. The molecule has 0 saturated heterocycles. The fourth-order valence-corrected chi connectivity index (χ4v) is 2.30. The normalized spacial score (nSPS) is 13.1. The number of hydrogen-bond acceptors (Lipinski definition) is 2. The second kappa shape index (κ2) is 11.4. The maximum absolute atomic E-state index is 3.64. The van der Waals surface area contributed by atoms with Gasteiger partial charge in [-0.15, -0.1) is 0 Å². The van der Waals surface area contributed by atoms with Crippen LogP contribution in [-0.4, -0.2) is 24.1 Å². The summed E-state index contributed by atoms with van der Waals surface area (Å²) in [6, 6.07) is 0.756. The first kappa shape index (κ1) is 14.3. The van der Waals surface area contributed by atoms with Crippen molar-refractivity contribution in [1.82, 2.24) is 5.32 Å². The van der Waals surface area contributed by atoms with Gasteiger partial charge in [-0.05, 0) is 25.1 Å². The van der Waals surface area contributed by atoms with Gasteiger partial charge in [-0.3, -0.25) is 0 Å². The molecule has 0 aliphatic carbocycles. The van der Waals surface area contributed by atoms with Crippen LogP contribution in [0.1, 0.15) is 52.9 Å². The van der Waals surface area contributed by atoms with Crippen LogP contribution < -0.4 is 5.32 Å². The topological polar surface area (TPSA) is 12.0 Å². The summed E-state index contributed by atoms with van der Waals surface area (Å²) in [5.41, 5.74) is 0. The van der Waals surface area contributed by atoms with E-state index in [0.29, 0.717) is 0 Å². The van der Waals surface area contributed by atoms with Crippen molar-refractivity contribution in [2.24, 2.45) is 0 Å². The van der Waals surface area contributed by atoms with Gasteiger partial charge in [-0.2, -0.15) is 11.8 Å². The minimum Gasteiger partial charge on any atom is -0.313 e.